The highest BCUT2D eigenvalue weighted by molar-refractivity contribution is 6.32. The van der Waals surface area contributed by atoms with Gasteiger partial charge >= 0.3 is 0 Å². The lowest BCUT2D eigenvalue weighted by molar-refractivity contribution is 0.480. The van der Waals surface area contributed by atoms with Gasteiger partial charge in [0.2, 0.25) is 0 Å². The Morgan fingerprint density at radius 2 is 2.28 bits per heavy atom. The van der Waals surface area contributed by atoms with E-state index in [0.717, 1.165) is 25.9 Å². The lowest BCUT2D eigenvalue weighted by atomic mass is 10.0. The van der Waals surface area contributed by atoms with Crippen LogP contribution in [0.5, 0.6) is 0 Å². The molecule has 98 valence electrons. The second-order valence-corrected chi connectivity index (χ2v) is 5.35. The van der Waals surface area contributed by atoms with Crippen LogP contribution in [0, 0.1) is 0 Å². The summed E-state index contributed by atoms with van der Waals surface area (Å²) in [7, 11) is 0. The van der Waals surface area contributed by atoms with Gasteiger partial charge in [0.05, 0.1) is 6.33 Å². The zero-order chi connectivity index (χ0) is 12.5. The molecule has 2 aliphatic heterocycles. The Kier molecular flexibility index (Phi) is 3.26. The minimum atomic E-state index is -0.258. The van der Waals surface area contributed by atoms with Crippen LogP contribution < -0.4 is 15.8 Å². The molecular weight excluding hydrogens is 252 g/mol. The third kappa shape index (κ3) is 2.01. The zero-order valence-electron chi connectivity index (χ0n) is 10.2. The van der Waals surface area contributed by atoms with Crippen molar-refractivity contribution in [2.45, 2.75) is 37.8 Å². The molecule has 0 aromatic carbocycles. The molecule has 18 heavy (non-hydrogen) atoms. The Morgan fingerprint density at radius 1 is 1.39 bits per heavy atom. The Bertz CT molecular complexity index is 483. The van der Waals surface area contributed by atoms with Crippen LogP contribution >= 0.6 is 11.6 Å². The van der Waals surface area contributed by atoms with E-state index < -0.39 is 0 Å². The summed E-state index contributed by atoms with van der Waals surface area (Å²) in [5.74, 6) is 0.636. The molecule has 0 saturated carbocycles. The van der Waals surface area contributed by atoms with Crippen LogP contribution in [0.15, 0.2) is 11.1 Å². The largest absolute Gasteiger partial charge is 0.351 e. The number of H-pyrrole nitrogens is 1. The second-order valence-electron chi connectivity index (χ2n) is 4.98. The van der Waals surface area contributed by atoms with Crippen LogP contribution in [0.4, 0.5) is 5.82 Å². The quantitative estimate of drug-likeness (QED) is 0.845. The maximum absolute atomic E-state index is 11.6. The highest BCUT2D eigenvalue weighted by Crippen LogP contribution is 2.31. The molecule has 2 fully saturated rings. The summed E-state index contributed by atoms with van der Waals surface area (Å²) in [5, 5.41) is 3.74. The molecule has 0 spiro atoms. The molecule has 0 amide bonds. The van der Waals surface area contributed by atoms with E-state index >= 15 is 0 Å². The number of hydrogen-bond donors (Lipinski definition) is 2. The first kappa shape index (κ1) is 12.0. The molecule has 2 atom stereocenters. The summed E-state index contributed by atoms with van der Waals surface area (Å²) >= 11 is 6.08. The first-order valence-electron chi connectivity index (χ1n) is 6.50. The van der Waals surface area contributed by atoms with Crippen molar-refractivity contribution >= 4 is 17.4 Å². The molecule has 3 rings (SSSR count). The highest BCUT2D eigenvalue weighted by Gasteiger charge is 2.35. The van der Waals surface area contributed by atoms with Crippen LogP contribution in [0.3, 0.4) is 0 Å². The first-order valence-corrected chi connectivity index (χ1v) is 6.88. The molecular formula is C12H17ClN4O. The van der Waals surface area contributed by atoms with Crippen molar-refractivity contribution in [3.8, 4) is 0 Å². The zero-order valence-corrected chi connectivity index (χ0v) is 10.9. The highest BCUT2D eigenvalue weighted by atomic mass is 35.5. The maximum atomic E-state index is 11.6. The van der Waals surface area contributed by atoms with Gasteiger partial charge in [0.15, 0.2) is 5.82 Å². The minimum Gasteiger partial charge on any atom is -0.351 e. The van der Waals surface area contributed by atoms with Crippen molar-refractivity contribution in [3.05, 3.63) is 21.7 Å². The number of aromatic nitrogens is 2. The Balaban J connectivity index is 1.90. The van der Waals surface area contributed by atoms with Gasteiger partial charge in [-0.2, -0.15) is 0 Å². The van der Waals surface area contributed by atoms with E-state index in [2.05, 4.69) is 20.2 Å². The topological polar surface area (TPSA) is 61.0 Å². The average Bonchev–Trinajstić information content (AvgIpc) is 3.01. The molecule has 6 heteroatoms. The molecule has 1 aromatic heterocycles. The smallest absolute Gasteiger partial charge is 0.271 e. The van der Waals surface area contributed by atoms with Gasteiger partial charge in [-0.3, -0.25) is 4.79 Å². The average molecular weight is 269 g/mol. The fourth-order valence-electron chi connectivity index (χ4n) is 3.09. The van der Waals surface area contributed by atoms with Gasteiger partial charge in [-0.25, -0.2) is 4.98 Å². The van der Waals surface area contributed by atoms with Crippen molar-refractivity contribution in [2.24, 2.45) is 0 Å². The minimum absolute atomic E-state index is 0.211. The summed E-state index contributed by atoms with van der Waals surface area (Å²) in [5.41, 5.74) is -0.258. The molecule has 0 aliphatic carbocycles. The van der Waals surface area contributed by atoms with Crippen LogP contribution in [0.2, 0.25) is 5.02 Å². The number of anilines is 1. The summed E-state index contributed by atoms with van der Waals surface area (Å²) in [6.45, 7) is 2.02. The van der Waals surface area contributed by atoms with E-state index in [1.165, 1.54) is 19.2 Å². The predicted octanol–water partition coefficient (Wildman–Crippen LogP) is 1.14. The molecule has 1 aromatic rings. The van der Waals surface area contributed by atoms with E-state index in [9.17, 15) is 4.79 Å². The van der Waals surface area contributed by atoms with Crippen LogP contribution in [-0.2, 0) is 0 Å². The normalized spacial score (nSPS) is 27.9. The van der Waals surface area contributed by atoms with Crippen molar-refractivity contribution in [3.63, 3.8) is 0 Å². The third-order valence-electron chi connectivity index (χ3n) is 3.91. The van der Waals surface area contributed by atoms with E-state index in [-0.39, 0.29) is 10.6 Å². The number of hydrogen-bond acceptors (Lipinski definition) is 4. The van der Waals surface area contributed by atoms with Gasteiger partial charge in [0, 0.05) is 18.6 Å². The molecule has 0 radical (unpaired) electrons. The molecule has 2 N–H and O–H groups in total. The lowest BCUT2D eigenvalue weighted by Crippen LogP contribution is -2.44. The van der Waals surface area contributed by atoms with Gasteiger partial charge < -0.3 is 15.2 Å². The van der Waals surface area contributed by atoms with Crippen molar-refractivity contribution in [2.75, 3.05) is 18.0 Å². The van der Waals surface area contributed by atoms with Crippen molar-refractivity contribution in [1.29, 1.82) is 0 Å². The summed E-state index contributed by atoms with van der Waals surface area (Å²) in [4.78, 5) is 20.5. The monoisotopic (exact) mass is 268 g/mol. The second kappa shape index (κ2) is 4.90. The van der Waals surface area contributed by atoms with Crippen LogP contribution in [-0.4, -0.2) is 35.1 Å². The summed E-state index contributed by atoms with van der Waals surface area (Å²) in [6, 6.07) is 0.920. The summed E-state index contributed by atoms with van der Waals surface area (Å²) in [6.07, 6.45) is 6.13. The number of rotatable bonds is 2. The van der Waals surface area contributed by atoms with E-state index in [4.69, 9.17) is 11.6 Å². The van der Waals surface area contributed by atoms with Crippen molar-refractivity contribution < 1.29 is 0 Å². The van der Waals surface area contributed by atoms with E-state index in [0.29, 0.717) is 17.9 Å². The predicted molar refractivity (Wildman–Crippen MR) is 71.3 cm³/mol. The summed E-state index contributed by atoms with van der Waals surface area (Å²) < 4.78 is 0. The molecule has 2 unspecified atom stereocenters. The van der Waals surface area contributed by atoms with Gasteiger partial charge in [0.1, 0.15) is 5.02 Å². The number of halogens is 1. The van der Waals surface area contributed by atoms with Gasteiger partial charge in [-0.1, -0.05) is 11.6 Å². The van der Waals surface area contributed by atoms with Crippen LogP contribution in [0.1, 0.15) is 25.7 Å². The first-order chi connectivity index (χ1) is 8.77. The fourth-order valence-corrected chi connectivity index (χ4v) is 3.30. The molecule has 0 bridgehead atoms. The van der Waals surface area contributed by atoms with Crippen molar-refractivity contribution in [1.82, 2.24) is 15.3 Å². The van der Waals surface area contributed by atoms with Crippen LogP contribution in [0.25, 0.3) is 0 Å². The standard InChI is InChI=1S/C12H17ClN4O/c13-10-11(15-7-16-12(10)18)17-6-2-4-9(17)8-3-1-5-14-8/h7-9,14H,1-6H2,(H,15,16,18). The SMILES string of the molecule is O=c1[nH]cnc(N2CCCC2C2CCCN2)c1Cl. The Labute approximate surface area is 111 Å². The molecule has 3 heterocycles. The fraction of sp³-hybridized carbons (Fsp3) is 0.667. The van der Waals surface area contributed by atoms with Gasteiger partial charge in [0.25, 0.3) is 5.56 Å². The molecule has 5 nitrogen and oxygen atoms in total. The van der Waals surface area contributed by atoms with Gasteiger partial charge in [-0.15, -0.1) is 0 Å². The van der Waals surface area contributed by atoms with E-state index in [1.807, 2.05) is 0 Å². The number of nitrogens with zero attached hydrogens (tertiary/aromatic N) is 2. The molecule has 2 saturated heterocycles. The lowest BCUT2D eigenvalue weighted by Gasteiger charge is -2.30. The van der Waals surface area contributed by atoms with Gasteiger partial charge in [-0.05, 0) is 32.2 Å². The number of aromatic amines is 1. The molecule has 2 aliphatic rings. The number of nitrogens with one attached hydrogen (secondary N) is 2. The van der Waals surface area contributed by atoms with E-state index in [1.54, 1.807) is 0 Å². The maximum Gasteiger partial charge on any atom is 0.271 e. The Morgan fingerprint density at radius 3 is 3.06 bits per heavy atom. The Hall–Kier alpha value is -1.07. The third-order valence-corrected chi connectivity index (χ3v) is 4.25.